The monoisotopic (exact) mass is 283 g/mol. The summed E-state index contributed by atoms with van der Waals surface area (Å²) in [5.41, 5.74) is 1.21. The van der Waals surface area contributed by atoms with E-state index in [-0.39, 0.29) is 12.4 Å². The van der Waals surface area contributed by atoms with Crippen LogP contribution >= 0.6 is 12.4 Å². The molecule has 1 aromatic rings. The van der Waals surface area contributed by atoms with Gasteiger partial charge in [0.25, 0.3) is 0 Å². The third-order valence-electron chi connectivity index (χ3n) is 4.14. The minimum Gasteiger partial charge on any atom is -0.508 e. The van der Waals surface area contributed by atoms with Gasteiger partial charge in [0, 0.05) is 6.04 Å². The summed E-state index contributed by atoms with van der Waals surface area (Å²) >= 11 is 0. The zero-order valence-electron chi connectivity index (χ0n) is 11.8. The molecule has 3 heteroatoms. The molecule has 1 fully saturated rings. The molecule has 0 aliphatic heterocycles. The fourth-order valence-electron chi connectivity index (χ4n) is 3.12. The van der Waals surface area contributed by atoms with Crippen molar-refractivity contribution in [2.75, 3.05) is 6.54 Å². The summed E-state index contributed by atoms with van der Waals surface area (Å²) in [4.78, 5) is 0. The van der Waals surface area contributed by atoms with Gasteiger partial charge in [0.2, 0.25) is 0 Å². The topological polar surface area (TPSA) is 32.3 Å². The number of benzene rings is 1. The molecule has 1 aliphatic carbocycles. The maximum absolute atomic E-state index is 9.42. The third-order valence-corrected chi connectivity index (χ3v) is 4.14. The Labute approximate surface area is 123 Å². The van der Waals surface area contributed by atoms with Gasteiger partial charge in [-0.25, -0.2) is 0 Å². The normalized spacial score (nSPS) is 17.1. The minimum atomic E-state index is 0. The molecule has 1 saturated carbocycles. The van der Waals surface area contributed by atoms with Gasteiger partial charge < -0.3 is 10.4 Å². The molecule has 2 rings (SSSR count). The van der Waals surface area contributed by atoms with Crippen LogP contribution in [-0.4, -0.2) is 17.7 Å². The Morgan fingerprint density at radius 2 is 2.05 bits per heavy atom. The van der Waals surface area contributed by atoms with Gasteiger partial charge >= 0.3 is 0 Å². The van der Waals surface area contributed by atoms with E-state index in [1.54, 1.807) is 6.07 Å². The number of nitrogens with one attached hydrogen (secondary N) is 1. The largest absolute Gasteiger partial charge is 0.508 e. The van der Waals surface area contributed by atoms with E-state index in [1.807, 2.05) is 12.1 Å². The van der Waals surface area contributed by atoms with Gasteiger partial charge in [-0.2, -0.15) is 0 Å². The summed E-state index contributed by atoms with van der Waals surface area (Å²) in [5.74, 6) is 1.26. The summed E-state index contributed by atoms with van der Waals surface area (Å²) in [6, 6.07) is 8.27. The number of hydrogen-bond donors (Lipinski definition) is 2. The van der Waals surface area contributed by atoms with E-state index >= 15 is 0 Å². The van der Waals surface area contributed by atoms with Gasteiger partial charge in [0.1, 0.15) is 5.75 Å². The van der Waals surface area contributed by atoms with Crippen molar-refractivity contribution in [1.82, 2.24) is 5.32 Å². The molecule has 1 aliphatic rings. The first-order valence-corrected chi connectivity index (χ1v) is 7.31. The molecule has 2 nitrogen and oxygen atoms in total. The lowest BCUT2D eigenvalue weighted by molar-refractivity contribution is 0.351. The van der Waals surface area contributed by atoms with Gasteiger partial charge in [-0.05, 0) is 55.8 Å². The lowest BCUT2D eigenvalue weighted by Gasteiger charge is -2.23. The molecule has 2 N–H and O–H groups in total. The Morgan fingerprint density at radius 3 is 2.68 bits per heavy atom. The summed E-state index contributed by atoms with van der Waals surface area (Å²) in [5, 5.41) is 13.1. The summed E-state index contributed by atoms with van der Waals surface area (Å²) in [7, 11) is 0. The number of phenolic OH excluding ortho intramolecular Hbond substituents is 1. The van der Waals surface area contributed by atoms with Crippen molar-refractivity contribution in [2.45, 2.75) is 51.5 Å². The quantitative estimate of drug-likeness (QED) is 0.829. The van der Waals surface area contributed by atoms with Gasteiger partial charge in [-0.15, -0.1) is 12.4 Å². The fourth-order valence-corrected chi connectivity index (χ4v) is 3.12. The Morgan fingerprint density at radius 1 is 1.32 bits per heavy atom. The van der Waals surface area contributed by atoms with Gasteiger partial charge in [-0.3, -0.25) is 0 Å². The van der Waals surface area contributed by atoms with E-state index in [4.69, 9.17) is 0 Å². The first-order valence-electron chi connectivity index (χ1n) is 7.31. The maximum Gasteiger partial charge on any atom is 0.115 e. The van der Waals surface area contributed by atoms with Crippen molar-refractivity contribution >= 4 is 12.4 Å². The second-order valence-corrected chi connectivity index (χ2v) is 5.43. The van der Waals surface area contributed by atoms with E-state index in [2.05, 4.69) is 18.3 Å². The van der Waals surface area contributed by atoms with E-state index < -0.39 is 0 Å². The number of halogens is 1. The smallest absolute Gasteiger partial charge is 0.115 e. The highest BCUT2D eigenvalue weighted by Gasteiger charge is 2.22. The number of aromatic hydroxyl groups is 1. The number of phenols is 1. The average molecular weight is 284 g/mol. The van der Waals surface area contributed by atoms with Gasteiger partial charge in [-0.1, -0.05) is 31.9 Å². The Balaban J connectivity index is 0.00000180. The van der Waals surface area contributed by atoms with Crippen LogP contribution in [0.15, 0.2) is 24.3 Å². The molecular weight excluding hydrogens is 258 g/mol. The summed E-state index contributed by atoms with van der Waals surface area (Å²) < 4.78 is 0. The highest BCUT2D eigenvalue weighted by Crippen LogP contribution is 2.28. The van der Waals surface area contributed by atoms with E-state index in [1.165, 1.54) is 37.7 Å². The lowest BCUT2D eigenvalue weighted by atomic mass is 9.96. The van der Waals surface area contributed by atoms with Gasteiger partial charge in [0.15, 0.2) is 0 Å². The molecule has 0 saturated heterocycles. The van der Waals surface area contributed by atoms with Crippen molar-refractivity contribution in [3.05, 3.63) is 29.8 Å². The molecule has 1 unspecified atom stereocenters. The summed E-state index contributed by atoms with van der Waals surface area (Å²) in [6.07, 6.45) is 7.85. The van der Waals surface area contributed by atoms with Crippen molar-refractivity contribution in [1.29, 1.82) is 0 Å². The minimum absolute atomic E-state index is 0. The van der Waals surface area contributed by atoms with Crippen LogP contribution in [0.2, 0.25) is 0 Å². The van der Waals surface area contributed by atoms with Crippen molar-refractivity contribution in [3.63, 3.8) is 0 Å². The first kappa shape index (κ1) is 16.3. The molecule has 0 heterocycles. The molecule has 19 heavy (non-hydrogen) atoms. The zero-order valence-corrected chi connectivity index (χ0v) is 12.6. The molecule has 0 bridgehead atoms. The highest BCUT2D eigenvalue weighted by molar-refractivity contribution is 5.85. The predicted octanol–water partition coefficient (Wildman–Crippen LogP) is 3.91. The molecule has 1 aromatic carbocycles. The van der Waals surface area contributed by atoms with Crippen LogP contribution < -0.4 is 5.32 Å². The Bertz CT molecular complexity index is 364. The molecule has 0 aromatic heterocycles. The fraction of sp³-hybridized carbons (Fsp3) is 0.625. The highest BCUT2D eigenvalue weighted by atomic mass is 35.5. The van der Waals surface area contributed by atoms with Crippen molar-refractivity contribution in [3.8, 4) is 5.75 Å². The van der Waals surface area contributed by atoms with E-state index in [0.717, 1.165) is 18.9 Å². The predicted molar refractivity (Wildman–Crippen MR) is 83.1 cm³/mol. The molecule has 0 spiro atoms. The van der Waals surface area contributed by atoms with E-state index in [9.17, 15) is 5.11 Å². The third kappa shape index (κ3) is 5.04. The molecule has 0 radical (unpaired) electrons. The van der Waals surface area contributed by atoms with Crippen LogP contribution in [0, 0.1) is 5.92 Å². The summed E-state index contributed by atoms with van der Waals surface area (Å²) in [6.45, 7) is 3.29. The molecular formula is C16H26ClNO. The second-order valence-electron chi connectivity index (χ2n) is 5.43. The van der Waals surface area contributed by atoms with Crippen LogP contribution in [0.4, 0.5) is 0 Å². The van der Waals surface area contributed by atoms with E-state index in [0.29, 0.717) is 11.8 Å². The Kier molecular flexibility index (Phi) is 7.25. The Hall–Kier alpha value is -0.730. The number of hydrogen-bond acceptors (Lipinski definition) is 2. The molecule has 108 valence electrons. The van der Waals surface area contributed by atoms with Crippen molar-refractivity contribution < 1.29 is 5.11 Å². The van der Waals surface area contributed by atoms with Crippen LogP contribution in [0.1, 0.15) is 44.6 Å². The standard InChI is InChI=1S/C16H25NO.ClH/c1-2-16(14-7-3-4-8-14)17-11-10-13-6-5-9-15(18)12-13;/h5-6,9,12,14,16-18H,2-4,7-8,10-11H2,1H3;1H. The first-order chi connectivity index (χ1) is 8.79. The molecule has 1 atom stereocenters. The average Bonchev–Trinajstić information content (AvgIpc) is 2.88. The SMILES string of the molecule is CCC(NCCc1cccc(O)c1)C1CCCC1.Cl. The zero-order chi connectivity index (χ0) is 12.8. The van der Waals surface area contributed by atoms with Crippen LogP contribution in [-0.2, 0) is 6.42 Å². The van der Waals surface area contributed by atoms with Crippen LogP contribution in [0.5, 0.6) is 5.75 Å². The second kappa shape index (κ2) is 8.44. The van der Waals surface area contributed by atoms with Crippen LogP contribution in [0.3, 0.4) is 0 Å². The van der Waals surface area contributed by atoms with Gasteiger partial charge in [0.05, 0.1) is 0 Å². The maximum atomic E-state index is 9.42. The van der Waals surface area contributed by atoms with Crippen LogP contribution in [0.25, 0.3) is 0 Å². The lowest BCUT2D eigenvalue weighted by Crippen LogP contribution is -2.35. The number of rotatable bonds is 6. The van der Waals surface area contributed by atoms with Crippen molar-refractivity contribution in [2.24, 2.45) is 5.92 Å². The molecule has 0 amide bonds.